The van der Waals surface area contributed by atoms with Crippen molar-refractivity contribution in [1.29, 1.82) is 0 Å². The van der Waals surface area contributed by atoms with E-state index in [1.807, 2.05) is 17.3 Å². The number of likely N-dealkylation sites (tertiary alicyclic amines) is 1. The summed E-state index contributed by atoms with van der Waals surface area (Å²) in [5.41, 5.74) is 1.16. The number of benzene rings is 1. The van der Waals surface area contributed by atoms with E-state index in [-0.39, 0.29) is 29.3 Å². The third-order valence-electron chi connectivity index (χ3n) is 6.17. The first-order valence-electron chi connectivity index (χ1n) is 12.3. The van der Waals surface area contributed by atoms with Crippen LogP contribution in [0.3, 0.4) is 0 Å². The molecule has 10 heteroatoms. The van der Waals surface area contributed by atoms with E-state index in [1.165, 1.54) is 6.08 Å². The van der Waals surface area contributed by atoms with Crippen molar-refractivity contribution in [3.63, 3.8) is 0 Å². The quantitative estimate of drug-likeness (QED) is 0.269. The van der Waals surface area contributed by atoms with Gasteiger partial charge in [-0.1, -0.05) is 38.7 Å². The van der Waals surface area contributed by atoms with Crippen LogP contribution in [0, 0.1) is 0 Å². The topological polar surface area (TPSA) is 100 Å². The largest absolute Gasteiger partial charge is 0.444 e. The number of carbonyl (C=O) groups is 2. The summed E-state index contributed by atoms with van der Waals surface area (Å²) < 4.78 is 6.97. The Morgan fingerprint density at radius 2 is 1.97 bits per heavy atom. The Balaban J connectivity index is 1.32. The van der Waals surface area contributed by atoms with Gasteiger partial charge in [0.2, 0.25) is 11.8 Å². The fourth-order valence-corrected chi connectivity index (χ4v) is 5.79. The Hall–Kier alpha value is -3.11. The maximum Gasteiger partial charge on any atom is 0.254 e. The summed E-state index contributed by atoms with van der Waals surface area (Å²) >= 11 is 3.25. The highest BCUT2D eigenvalue weighted by atomic mass is 32.2. The number of aromatic nitrogens is 2. The summed E-state index contributed by atoms with van der Waals surface area (Å²) in [6.07, 6.45) is 6.76. The van der Waals surface area contributed by atoms with Crippen molar-refractivity contribution in [3.05, 3.63) is 66.5 Å². The van der Waals surface area contributed by atoms with Gasteiger partial charge in [-0.05, 0) is 50.1 Å². The van der Waals surface area contributed by atoms with Crippen molar-refractivity contribution in [1.82, 2.24) is 14.9 Å². The van der Waals surface area contributed by atoms with E-state index in [9.17, 15) is 9.59 Å². The molecule has 0 saturated carbocycles. The third-order valence-corrected chi connectivity index (χ3v) is 8.28. The highest BCUT2D eigenvalue weighted by molar-refractivity contribution is 8.00. The molecule has 1 aliphatic rings. The molecule has 1 aromatic carbocycles. The molecule has 1 saturated heterocycles. The molecule has 3 aromatic rings. The fourth-order valence-electron chi connectivity index (χ4n) is 3.99. The van der Waals surface area contributed by atoms with Crippen molar-refractivity contribution in [2.75, 3.05) is 17.2 Å². The van der Waals surface area contributed by atoms with Gasteiger partial charge in [-0.2, -0.15) is 0 Å². The molecule has 8 nitrogen and oxygen atoms in total. The highest BCUT2D eigenvalue weighted by Gasteiger charge is 2.30. The summed E-state index contributed by atoms with van der Waals surface area (Å²) in [5, 5.41) is 7.07. The normalized spacial score (nSPS) is 17.9. The maximum atomic E-state index is 13.2. The van der Waals surface area contributed by atoms with Crippen LogP contribution in [0.25, 0.3) is 0 Å². The molecular formula is C27H33N5O3S2. The second kappa shape index (κ2) is 11.5. The number of hydrogen-bond acceptors (Lipinski definition) is 8. The first kappa shape index (κ1) is 26.9. The average Bonchev–Trinajstić information content (AvgIpc) is 3.53. The lowest BCUT2D eigenvalue weighted by molar-refractivity contribution is -0.111. The molecule has 1 fully saturated rings. The number of thiazole rings is 1. The number of rotatable bonds is 8. The van der Waals surface area contributed by atoms with E-state index >= 15 is 0 Å². The van der Waals surface area contributed by atoms with Crippen molar-refractivity contribution < 1.29 is 14.0 Å². The third kappa shape index (κ3) is 7.01. The van der Waals surface area contributed by atoms with Gasteiger partial charge < -0.3 is 20.0 Å². The molecule has 2 amide bonds. The molecule has 196 valence electrons. The van der Waals surface area contributed by atoms with Gasteiger partial charge in [0.1, 0.15) is 5.76 Å². The minimum absolute atomic E-state index is 0.0171. The number of nitrogens with one attached hydrogen (secondary N) is 2. The SMILES string of the molecule is C=CC(=O)Nc1ccc(C(=O)N2CC(Nc3ncc(SCc4ncc(C(C)(C)C)o4)s3)CCC2C)cc1. The van der Waals surface area contributed by atoms with Gasteiger partial charge >= 0.3 is 0 Å². The van der Waals surface area contributed by atoms with Gasteiger partial charge in [0, 0.05) is 35.3 Å². The van der Waals surface area contributed by atoms with Crippen LogP contribution < -0.4 is 10.6 Å². The number of carbonyl (C=O) groups excluding carboxylic acids is 2. The smallest absolute Gasteiger partial charge is 0.254 e. The second-order valence-electron chi connectivity index (χ2n) is 10.1. The van der Waals surface area contributed by atoms with E-state index in [4.69, 9.17) is 4.42 Å². The van der Waals surface area contributed by atoms with Gasteiger partial charge in [0.15, 0.2) is 5.13 Å². The number of anilines is 2. The van der Waals surface area contributed by atoms with Crippen molar-refractivity contribution in [2.24, 2.45) is 0 Å². The summed E-state index contributed by atoms with van der Waals surface area (Å²) in [5.74, 6) is 1.95. The number of amides is 2. The number of oxazole rings is 1. The molecular weight excluding hydrogens is 506 g/mol. The van der Waals surface area contributed by atoms with Crippen LogP contribution in [-0.2, 0) is 16.0 Å². The Labute approximate surface area is 226 Å². The number of nitrogens with zero attached hydrogens (tertiary/aromatic N) is 3. The van der Waals surface area contributed by atoms with Crippen LogP contribution >= 0.6 is 23.1 Å². The fraction of sp³-hybridized carbons (Fsp3) is 0.407. The Morgan fingerprint density at radius 3 is 2.65 bits per heavy atom. The predicted octanol–water partition coefficient (Wildman–Crippen LogP) is 5.95. The van der Waals surface area contributed by atoms with Crippen LogP contribution in [0.1, 0.15) is 62.5 Å². The van der Waals surface area contributed by atoms with Crippen molar-refractivity contribution in [2.45, 2.75) is 68.0 Å². The van der Waals surface area contributed by atoms with Crippen LogP contribution in [0.15, 0.2) is 57.9 Å². The monoisotopic (exact) mass is 539 g/mol. The zero-order valence-electron chi connectivity index (χ0n) is 21.6. The van der Waals surface area contributed by atoms with Crippen LogP contribution in [-0.4, -0.2) is 45.3 Å². The van der Waals surface area contributed by atoms with Gasteiger partial charge in [0.05, 0.1) is 22.4 Å². The first-order valence-corrected chi connectivity index (χ1v) is 14.1. The average molecular weight is 540 g/mol. The highest BCUT2D eigenvalue weighted by Crippen LogP contribution is 2.33. The lowest BCUT2D eigenvalue weighted by atomic mass is 9.94. The maximum absolute atomic E-state index is 13.2. The minimum Gasteiger partial charge on any atom is -0.444 e. The molecule has 0 bridgehead atoms. The number of piperidine rings is 1. The van der Waals surface area contributed by atoms with Crippen LogP contribution in [0.4, 0.5) is 10.8 Å². The molecule has 2 atom stereocenters. The molecule has 2 unspecified atom stereocenters. The lowest BCUT2D eigenvalue weighted by Gasteiger charge is -2.38. The Morgan fingerprint density at radius 1 is 1.22 bits per heavy atom. The zero-order chi connectivity index (χ0) is 26.6. The number of thioether (sulfide) groups is 1. The Bertz CT molecular complexity index is 1250. The second-order valence-corrected chi connectivity index (χ2v) is 12.4. The van der Waals surface area contributed by atoms with Crippen molar-refractivity contribution >= 4 is 45.7 Å². The summed E-state index contributed by atoms with van der Waals surface area (Å²) in [6.45, 7) is 12.4. The molecule has 0 radical (unpaired) electrons. The van der Waals surface area contributed by atoms with E-state index in [2.05, 4.69) is 54.9 Å². The first-order chi connectivity index (χ1) is 17.6. The van der Waals surface area contributed by atoms with Gasteiger partial charge in [-0.3, -0.25) is 9.59 Å². The van der Waals surface area contributed by atoms with E-state index in [0.29, 0.717) is 29.4 Å². The van der Waals surface area contributed by atoms with Crippen LogP contribution in [0.2, 0.25) is 0 Å². The predicted molar refractivity (Wildman–Crippen MR) is 149 cm³/mol. The molecule has 3 heterocycles. The van der Waals surface area contributed by atoms with Gasteiger partial charge in [-0.25, -0.2) is 9.97 Å². The standard InChI is InChI=1S/C27H33N5O3S2/c1-6-22(33)30-19-11-8-18(9-12-19)25(34)32-15-20(10-7-17(32)2)31-26-29-14-24(37-26)36-16-23-28-13-21(35-23)27(3,4)5/h6,8-9,11-14,17,20H,1,7,10,15-16H2,2-5H3,(H,29,31)(H,30,33). The lowest BCUT2D eigenvalue weighted by Crippen LogP contribution is -2.49. The molecule has 2 N–H and O–H groups in total. The summed E-state index contributed by atoms with van der Waals surface area (Å²) in [4.78, 5) is 35.6. The van der Waals surface area contributed by atoms with E-state index in [1.54, 1.807) is 47.4 Å². The molecule has 4 rings (SSSR count). The summed E-state index contributed by atoms with van der Waals surface area (Å²) in [6, 6.07) is 7.22. The van der Waals surface area contributed by atoms with Crippen LogP contribution in [0.5, 0.6) is 0 Å². The molecule has 1 aliphatic heterocycles. The molecule has 37 heavy (non-hydrogen) atoms. The molecule has 0 spiro atoms. The molecule has 2 aromatic heterocycles. The molecule has 0 aliphatic carbocycles. The Kier molecular flexibility index (Phi) is 8.39. The number of hydrogen-bond donors (Lipinski definition) is 2. The van der Waals surface area contributed by atoms with Gasteiger partial charge in [0.25, 0.3) is 5.91 Å². The van der Waals surface area contributed by atoms with Crippen molar-refractivity contribution in [3.8, 4) is 0 Å². The minimum atomic E-state index is -0.284. The van der Waals surface area contributed by atoms with Gasteiger partial charge in [-0.15, -0.1) is 11.8 Å². The van der Waals surface area contributed by atoms with E-state index in [0.717, 1.165) is 27.9 Å². The summed E-state index contributed by atoms with van der Waals surface area (Å²) in [7, 11) is 0. The van der Waals surface area contributed by atoms with E-state index < -0.39 is 0 Å². The zero-order valence-corrected chi connectivity index (χ0v) is 23.2.